The van der Waals surface area contributed by atoms with Gasteiger partial charge in [-0.2, -0.15) is 0 Å². The van der Waals surface area contributed by atoms with Gasteiger partial charge in [0, 0.05) is 11.8 Å². The number of benzene rings is 1. The molecule has 0 saturated carbocycles. The van der Waals surface area contributed by atoms with E-state index in [0.29, 0.717) is 23.6 Å². The standard InChI is InChI=1S/C16H25N3O4/c1-9(2)6-12(19-16(17)21)15(20)18-11-8-14(23-5)13(22-4)7-10(11)3/h7-9,12H,6H2,1-5H3,(H,18,20)(H3,17,19,21)/t12-/m1/s1. The summed E-state index contributed by atoms with van der Waals surface area (Å²) in [5, 5.41) is 5.27. The second-order valence-electron chi connectivity index (χ2n) is 5.70. The fraction of sp³-hybridized carbons (Fsp3) is 0.500. The molecule has 7 nitrogen and oxygen atoms in total. The van der Waals surface area contributed by atoms with E-state index in [4.69, 9.17) is 15.2 Å². The summed E-state index contributed by atoms with van der Waals surface area (Å²) in [6.07, 6.45) is 0.487. The Labute approximate surface area is 136 Å². The maximum atomic E-state index is 12.4. The molecule has 0 bridgehead atoms. The molecule has 4 N–H and O–H groups in total. The zero-order chi connectivity index (χ0) is 17.6. The number of carbonyl (C=O) groups excluding carboxylic acids is 2. The Bertz CT molecular complexity index is 573. The molecule has 1 aromatic rings. The molecule has 0 aliphatic carbocycles. The second-order valence-corrected chi connectivity index (χ2v) is 5.70. The van der Waals surface area contributed by atoms with E-state index in [1.54, 1.807) is 19.2 Å². The number of urea groups is 1. The minimum Gasteiger partial charge on any atom is -0.493 e. The summed E-state index contributed by atoms with van der Waals surface area (Å²) in [5.41, 5.74) is 6.56. The number of ether oxygens (including phenoxy) is 2. The van der Waals surface area contributed by atoms with E-state index >= 15 is 0 Å². The van der Waals surface area contributed by atoms with Crippen molar-refractivity contribution in [2.24, 2.45) is 11.7 Å². The zero-order valence-electron chi connectivity index (χ0n) is 14.2. The first-order valence-electron chi connectivity index (χ1n) is 7.37. The van der Waals surface area contributed by atoms with E-state index in [-0.39, 0.29) is 11.8 Å². The van der Waals surface area contributed by atoms with Crippen molar-refractivity contribution in [3.63, 3.8) is 0 Å². The molecule has 0 aromatic heterocycles. The molecule has 0 fully saturated rings. The highest BCUT2D eigenvalue weighted by Gasteiger charge is 2.22. The third-order valence-electron chi connectivity index (χ3n) is 3.33. The third kappa shape index (κ3) is 5.36. The lowest BCUT2D eigenvalue weighted by Gasteiger charge is -2.20. The Kier molecular flexibility index (Phi) is 6.68. The smallest absolute Gasteiger partial charge is 0.312 e. The number of rotatable bonds is 7. The predicted molar refractivity (Wildman–Crippen MR) is 88.9 cm³/mol. The molecule has 0 aliphatic rings. The molecule has 0 spiro atoms. The summed E-state index contributed by atoms with van der Waals surface area (Å²) in [5.74, 6) is 0.991. The molecular weight excluding hydrogens is 298 g/mol. The summed E-state index contributed by atoms with van der Waals surface area (Å²) < 4.78 is 10.5. The minimum atomic E-state index is -0.727. The lowest BCUT2D eigenvalue weighted by atomic mass is 10.0. The van der Waals surface area contributed by atoms with Gasteiger partial charge >= 0.3 is 6.03 Å². The van der Waals surface area contributed by atoms with Crippen LogP contribution in [0, 0.1) is 12.8 Å². The number of nitrogens with two attached hydrogens (primary N) is 1. The molecule has 7 heteroatoms. The largest absolute Gasteiger partial charge is 0.493 e. The highest BCUT2D eigenvalue weighted by Crippen LogP contribution is 2.33. The number of carbonyl (C=O) groups is 2. The number of aryl methyl sites for hydroxylation is 1. The molecule has 0 aliphatic heterocycles. The van der Waals surface area contributed by atoms with Crippen molar-refractivity contribution in [2.45, 2.75) is 33.2 Å². The van der Waals surface area contributed by atoms with Gasteiger partial charge in [0.1, 0.15) is 6.04 Å². The van der Waals surface area contributed by atoms with E-state index < -0.39 is 12.1 Å². The van der Waals surface area contributed by atoms with Crippen molar-refractivity contribution in [1.82, 2.24) is 5.32 Å². The molecule has 0 saturated heterocycles. The molecule has 1 rings (SSSR count). The van der Waals surface area contributed by atoms with Crippen LogP contribution in [0.4, 0.5) is 10.5 Å². The summed E-state index contributed by atoms with van der Waals surface area (Å²) >= 11 is 0. The monoisotopic (exact) mass is 323 g/mol. The first-order valence-corrected chi connectivity index (χ1v) is 7.37. The van der Waals surface area contributed by atoms with E-state index in [2.05, 4.69) is 10.6 Å². The number of methoxy groups -OCH3 is 2. The summed E-state index contributed by atoms with van der Waals surface area (Å²) in [6.45, 7) is 5.77. The Balaban J connectivity index is 2.99. The van der Waals surface area contributed by atoms with Crippen LogP contribution < -0.4 is 25.8 Å². The Morgan fingerprint density at radius 3 is 2.22 bits per heavy atom. The van der Waals surface area contributed by atoms with Crippen LogP contribution in [0.25, 0.3) is 0 Å². The topological polar surface area (TPSA) is 103 Å². The summed E-state index contributed by atoms with van der Waals surface area (Å²) in [4.78, 5) is 23.5. The average molecular weight is 323 g/mol. The van der Waals surface area contributed by atoms with Crippen molar-refractivity contribution in [2.75, 3.05) is 19.5 Å². The Morgan fingerprint density at radius 1 is 1.17 bits per heavy atom. The summed E-state index contributed by atoms with van der Waals surface area (Å²) in [6, 6.07) is 2.03. The first-order chi connectivity index (χ1) is 10.8. The third-order valence-corrected chi connectivity index (χ3v) is 3.33. The highest BCUT2D eigenvalue weighted by molar-refractivity contribution is 5.97. The number of hydrogen-bond donors (Lipinski definition) is 3. The fourth-order valence-corrected chi connectivity index (χ4v) is 2.21. The lowest BCUT2D eigenvalue weighted by Crippen LogP contribution is -2.46. The van der Waals surface area contributed by atoms with E-state index in [0.717, 1.165) is 5.56 Å². The molecule has 3 amide bonds. The van der Waals surface area contributed by atoms with Crippen LogP contribution in [-0.2, 0) is 4.79 Å². The molecule has 0 unspecified atom stereocenters. The number of hydrogen-bond acceptors (Lipinski definition) is 4. The maximum Gasteiger partial charge on any atom is 0.312 e. The van der Waals surface area contributed by atoms with Crippen molar-refractivity contribution in [3.8, 4) is 11.5 Å². The van der Waals surface area contributed by atoms with E-state index in [1.807, 2.05) is 20.8 Å². The zero-order valence-corrected chi connectivity index (χ0v) is 14.2. The molecule has 23 heavy (non-hydrogen) atoms. The van der Waals surface area contributed by atoms with Gasteiger partial charge in [0.2, 0.25) is 5.91 Å². The van der Waals surface area contributed by atoms with Gasteiger partial charge in [0.15, 0.2) is 11.5 Å². The van der Waals surface area contributed by atoms with Crippen molar-refractivity contribution < 1.29 is 19.1 Å². The van der Waals surface area contributed by atoms with Crippen LogP contribution in [0.15, 0.2) is 12.1 Å². The molecule has 0 heterocycles. The Morgan fingerprint density at radius 2 is 1.74 bits per heavy atom. The van der Waals surface area contributed by atoms with Crippen molar-refractivity contribution in [1.29, 1.82) is 0 Å². The van der Waals surface area contributed by atoms with Crippen LogP contribution in [0.2, 0.25) is 0 Å². The molecule has 1 atom stereocenters. The SMILES string of the molecule is COc1cc(C)c(NC(=O)[C@@H](CC(C)C)NC(N)=O)cc1OC. The number of nitrogens with one attached hydrogen (secondary N) is 2. The van der Waals surface area contributed by atoms with E-state index in [9.17, 15) is 9.59 Å². The molecule has 128 valence electrons. The van der Waals surface area contributed by atoms with Gasteiger partial charge in [-0.1, -0.05) is 13.8 Å². The van der Waals surface area contributed by atoms with Crippen molar-refractivity contribution in [3.05, 3.63) is 17.7 Å². The quantitative estimate of drug-likeness (QED) is 0.714. The summed E-state index contributed by atoms with van der Waals surface area (Å²) in [7, 11) is 3.07. The Hall–Kier alpha value is -2.44. The van der Waals surface area contributed by atoms with Gasteiger partial charge in [0.25, 0.3) is 0 Å². The van der Waals surface area contributed by atoms with Crippen LogP contribution in [0.3, 0.4) is 0 Å². The van der Waals surface area contributed by atoms with Crippen LogP contribution in [-0.4, -0.2) is 32.2 Å². The van der Waals surface area contributed by atoms with Crippen LogP contribution in [0.1, 0.15) is 25.8 Å². The fourth-order valence-electron chi connectivity index (χ4n) is 2.21. The molecule has 1 aromatic carbocycles. The van der Waals surface area contributed by atoms with Gasteiger partial charge in [-0.05, 0) is 30.9 Å². The van der Waals surface area contributed by atoms with Crippen LogP contribution >= 0.6 is 0 Å². The maximum absolute atomic E-state index is 12.4. The highest BCUT2D eigenvalue weighted by atomic mass is 16.5. The van der Waals surface area contributed by atoms with E-state index in [1.165, 1.54) is 7.11 Å². The van der Waals surface area contributed by atoms with Gasteiger partial charge in [-0.15, -0.1) is 0 Å². The number of amides is 3. The second kappa shape index (κ2) is 8.26. The molecule has 0 radical (unpaired) electrons. The van der Waals surface area contributed by atoms with Gasteiger partial charge in [0.05, 0.1) is 14.2 Å². The van der Waals surface area contributed by atoms with Gasteiger partial charge in [-0.3, -0.25) is 4.79 Å². The number of primary amides is 1. The number of anilines is 1. The van der Waals surface area contributed by atoms with Crippen LogP contribution in [0.5, 0.6) is 11.5 Å². The molecular formula is C16H25N3O4. The average Bonchev–Trinajstić information content (AvgIpc) is 2.47. The van der Waals surface area contributed by atoms with Gasteiger partial charge < -0.3 is 25.8 Å². The van der Waals surface area contributed by atoms with Gasteiger partial charge in [-0.25, -0.2) is 4.79 Å². The normalized spacial score (nSPS) is 11.7. The van der Waals surface area contributed by atoms with Crippen molar-refractivity contribution >= 4 is 17.6 Å². The minimum absolute atomic E-state index is 0.226. The lowest BCUT2D eigenvalue weighted by molar-refractivity contribution is -0.118. The first kappa shape index (κ1) is 18.6. The predicted octanol–water partition coefficient (Wildman–Crippen LogP) is 2.03.